The van der Waals surface area contributed by atoms with Crippen molar-refractivity contribution in [2.75, 3.05) is 26.7 Å². The van der Waals surface area contributed by atoms with Gasteiger partial charge in [-0.1, -0.05) is 12.1 Å². The summed E-state index contributed by atoms with van der Waals surface area (Å²) in [6.07, 6.45) is 1.91. The number of imide groups is 1. The zero-order valence-electron chi connectivity index (χ0n) is 12.2. The molecule has 3 rings (SSSR count). The van der Waals surface area contributed by atoms with Crippen molar-refractivity contribution in [3.8, 4) is 0 Å². The highest BCUT2D eigenvalue weighted by atomic mass is 16.3. The van der Waals surface area contributed by atoms with Crippen molar-refractivity contribution in [2.24, 2.45) is 5.92 Å². The number of carbonyl (C=O) groups is 2. The first-order valence-electron chi connectivity index (χ1n) is 7.39. The minimum atomic E-state index is -0.294. The van der Waals surface area contributed by atoms with Crippen LogP contribution in [0.2, 0.25) is 0 Å². The summed E-state index contributed by atoms with van der Waals surface area (Å²) in [6, 6.07) is 6.92. The molecule has 2 amide bonds. The van der Waals surface area contributed by atoms with Crippen molar-refractivity contribution in [1.29, 1.82) is 0 Å². The number of rotatable bonds is 6. The molecule has 1 saturated carbocycles. The lowest BCUT2D eigenvalue weighted by molar-refractivity contribution is 0.0621. The van der Waals surface area contributed by atoms with E-state index in [1.165, 1.54) is 4.90 Å². The third kappa shape index (κ3) is 2.84. The van der Waals surface area contributed by atoms with Gasteiger partial charge >= 0.3 is 0 Å². The number of carbonyl (C=O) groups excluding carboxylic acids is 2. The van der Waals surface area contributed by atoms with Crippen LogP contribution in [0.15, 0.2) is 24.3 Å². The smallest absolute Gasteiger partial charge is 0.261 e. The van der Waals surface area contributed by atoms with Crippen LogP contribution in [0, 0.1) is 5.92 Å². The topological polar surface area (TPSA) is 60.9 Å². The fraction of sp³-hybridized carbons (Fsp3) is 0.500. The summed E-state index contributed by atoms with van der Waals surface area (Å²) in [6.45, 7) is 1.53. The summed E-state index contributed by atoms with van der Waals surface area (Å²) >= 11 is 0. The highest BCUT2D eigenvalue weighted by Crippen LogP contribution is 2.32. The molecule has 0 spiro atoms. The van der Waals surface area contributed by atoms with Crippen LogP contribution in [0.25, 0.3) is 0 Å². The normalized spacial score (nSPS) is 19.3. The Hall–Kier alpha value is -1.72. The first-order chi connectivity index (χ1) is 10.1. The molecule has 1 aliphatic carbocycles. The number of aliphatic hydroxyl groups is 1. The van der Waals surface area contributed by atoms with E-state index in [1.807, 2.05) is 11.9 Å². The summed E-state index contributed by atoms with van der Waals surface area (Å²) in [5.74, 6) is 0.00485. The highest BCUT2D eigenvalue weighted by molar-refractivity contribution is 6.21. The molecule has 1 aliphatic heterocycles. The highest BCUT2D eigenvalue weighted by Gasteiger charge is 2.35. The zero-order valence-corrected chi connectivity index (χ0v) is 12.2. The number of fused-ring (bicyclic) bond motifs is 1. The first-order valence-corrected chi connectivity index (χ1v) is 7.39. The maximum absolute atomic E-state index is 12.2. The summed E-state index contributed by atoms with van der Waals surface area (Å²) < 4.78 is 0. The van der Waals surface area contributed by atoms with E-state index in [-0.39, 0.29) is 17.9 Å². The van der Waals surface area contributed by atoms with Gasteiger partial charge in [-0.15, -0.1) is 0 Å². The second kappa shape index (κ2) is 5.58. The molecule has 1 N–H and O–H groups in total. The van der Waals surface area contributed by atoms with Crippen molar-refractivity contribution in [1.82, 2.24) is 9.80 Å². The van der Waals surface area contributed by atoms with Crippen LogP contribution in [0.5, 0.6) is 0 Å². The molecule has 0 bridgehead atoms. The first kappa shape index (κ1) is 14.2. The largest absolute Gasteiger partial charge is 0.392 e. The number of benzene rings is 1. The molecule has 0 saturated heterocycles. The molecule has 0 aromatic heterocycles. The number of likely N-dealkylation sites (N-methyl/N-ethyl adjacent to an activating group) is 1. The summed E-state index contributed by atoms with van der Waals surface area (Å²) in [5, 5.41) is 9.91. The Balaban J connectivity index is 1.56. The maximum Gasteiger partial charge on any atom is 0.261 e. The van der Waals surface area contributed by atoms with Crippen LogP contribution < -0.4 is 0 Å². The van der Waals surface area contributed by atoms with Gasteiger partial charge < -0.3 is 10.0 Å². The lowest BCUT2D eigenvalue weighted by Gasteiger charge is -2.22. The monoisotopic (exact) mass is 288 g/mol. The lowest BCUT2D eigenvalue weighted by atomic mass is 10.1. The molecule has 1 fully saturated rings. The van der Waals surface area contributed by atoms with Crippen LogP contribution in [0.4, 0.5) is 0 Å². The summed E-state index contributed by atoms with van der Waals surface area (Å²) in [7, 11) is 1.91. The molecule has 5 heteroatoms. The van der Waals surface area contributed by atoms with Gasteiger partial charge in [-0.3, -0.25) is 14.5 Å². The predicted molar refractivity (Wildman–Crippen MR) is 78.0 cm³/mol. The molecule has 5 nitrogen and oxygen atoms in total. The third-order valence-electron chi connectivity index (χ3n) is 4.25. The van der Waals surface area contributed by atoms with Gasteiger partial charge in [0.2, 0.25) is 0 Å². The van der Waals surface area contributed by atoms with Crippen LogP contribution in [0.1, 0.15) is 33.6 Å². The summed E-state index contributed by atoms with van der Waals surface area (Å²) in [5.41, 5.74) is 0.978. The lowest BCUT2D eigenvalue weighted by Crippen LogP contribution is -2.39. The number of hydrogen-bond acceptors (Lipinski definition) is 4. The number of nitrogens with zero attached hydrogens (tertiary/aromatic N) is 2. The van der Waals surface area contributed by atoms with Gasteiger partial charge in [-0.25, -0.2) is 0 Å². The van der Waals surface area contributed by atoms with E-state index in [4.69, 9.17) is 0 Å². The average molecular weight is 288 g/mol. The molecule has 1 unspecified atom stereocenters. The Kier molecular flexibility index (Phi) is 3.78. The molecule has 1 aromatic rings. The predicted octanol–water partition coefficient (Wildman–Crippen LogP) is 0.985. The quantitative estimate of drug-likeness (QED) is 0.793. The van der Waals surface area contributed by atoms with Crippen molar-refractivity contribution in [3.05, 3.63) is 35.4 Å². The SMILES string of the molecule is CN(CCN1C(=O)c2ccccc2C1=O)CC(O)C1CC1. The number of aliphatic hydroxyl groups excluding tert-OH is 1. The summed E-state index contributed by atoms with van der Waals surface area (Å²) in [4.78, 5) is 27.7. The second-order valence-corrected chi connectivity index (χ2v) is 5.97. The minimum Gasteiger partial charge on any atom is -0.392 e. The van der Waals surface area contributed by atoms with E-state index in [1.54, 1.807) is 24.3 Å². The molecule has 21 heavy (non-hydrogen) atoms. The molecule has 1 heterocycles. The molecule has 0 radical (unpaired) electrons. The van der Waals surface area contributed by atoms with E-state index in [9.17, 15) is 14.7 Å². The Morgan fingerprint density at radius 3 is 2.33 bits per heavy atom. The Bertz CT molecular complexity index is 533. The fourth-order valence-corrected chi connectivity index (χ4v) is 2.75. The van der Waals surface area contributed by atoms with Crippen LogP contribution in [0.3, 0.4) is 0 Å². The molecule has 2 aliphatic rings. The molecular formula is C16H20N2O3. The van der Waals surface area contributed by atoms with Crippen LogP contribution in [-0.4, -0.2) is 59.5 Å². The van der Waals surface area contributed by atoms with Crippen molar-refractivity contribution in [3.63, 3.8) is 0 Å². The minimum absolute atomic E-state index is 0.216. The van der Waals surface area contributed by atoms with Gasteiger partial charge in [0, 0.05) is 19.6 Å². The second-order valence-electron chi connectivity index (χ2n) is 5.97. The zero-order chi connectivity index (χ0) is 15.0. The third-order valence-corrected chi connectivity index (χ3v) is 4.25. The van der Waals surface area contributed by atoms with Gasteiger partial charge in [0.25, 0.3) is 11.8 Å². The molecule has 1 aromatic carbocycles. The maximum atomic E-state index is 12.2. The van der Waals surface area contributed by atoms with Gasteiger partial charge in [-0.2, -0.15) is 0 Å². The molecule has 112 valence electrons. The molecule has 1 atom stereocenters. The Morgan fingerprint density at radius 1 is 1.24 bits per heavy atom. The van der Waals surface area contributed by atoms with Crippen molar-refractivity contribution < 1.29 is 14.7 Å². The van der Waals surface area contributed by atoms with Crippen molar-refractivity contribution >= 4 is 11.8 Å². The molecular weight excluding hydrogens is 268 g/mol. The van der Waals surface area contributed by atoms with Gasteiger partial charge in [-0.05, 0) is 37.9 Å². The van der Waals surface area contributed by atoms with Crippen molar-refractivity contribution in [2.45, 2.75) is 18.9 Å². The van der Waals surface area contributed by atoms with E-state index < -0.39 is 0 Å². The number of amides is 2. The van der Waals surface area contributed by atoms with Crippen LogP contribution >= 0.6 is 0 Å². The van der Waals surface area contributed by atoms with E-state index >= 15 is 0 Å². The van der Waals surface area contributed by atoms with E-state index in [0.717, 1.165) is 12.8 Å². The fourth-order valence-electron chi connectivity index (χ4n) is 2.75. The Morgan fingerprint density at radius 2 is 1.81 bits per heavy atom. The van der Waals surface area contributed by atoms with E-state index in [0.29, 0.717) is 36.7 Å². The standard InChI is InChI=1S/C16H20N2O3/c1-17(10-14(19)11-6-7-11)8-9-18-15(20)12-4-2-3-5-13(12)16(18)21/h2-5,11,14,19H,6-10H2,1H3. The van der Waals surface area contributed by atoms with Gasteiger partial charge in [0.1, 0.15) is 0 Å². The number of hydrogen-bond donors (Lipinski definition) is 1. The van der Waals surface area contributed by atoms with E-state index in [2.05, 4.69) is 0 Å². The van der Waals surface area contributed by atoms with Crippen LogP contribution in [-0.2, 0) is 0 Å². The Labute approximate surface area is 124 Å². The average Bonchev–Trinajstić information content (AvgIpc) is 3.28. The van der Waals surface area contributed by atoms with Gasteiger partial charge in [0.15, 0.2) is 0 Å². The van der Waals surface area contributed by atoms with Gasteiger partial charge in [0.05, 0.1) is 17.2 Å².